The third-order valence-corrected chi connectivity index (χ3v) is 3.79. The Labute approximate surface area is 151 Å². The lowest BCUT2D eigenvalue weighted by Gasteiger charge is -2.12. The van der Waals surface area contributed by atoms with Crippen molar-refractivity contribution in [3.05, 3.63) is 65.2 Å². The first-order valence-corrected chi connectivity index (χ1v) is 8.39. The van der Waals surface area contributed by atoms with E-state index < -0.39 is 0 Å². The van der Waals surface area contributed by atoms with Crippen LogP contribution >= 0.6 is 0 Å². The van der Waals surface area contributed by atoms with E-state index in [1.165, 1.54) is 0 Å². The van der Waals surface area contributed by atoms with Gasteiger partial charge in [0.2, 0.25) is 0 Å². The zero-order chi connectivity index (χ0) is 18.5. The molecule has 0 bridgehead atoms. The van der Waals surface area contributed by atoms with Crippen LogP contribution in [0.2, 0.25) is 0 Å². The predicted molar refractivity (Wildman–Crippen MR) is 97.2 cm³/mol. The molecule has 2 aromatic heterocycles. The number of hydrogen-bond donors (Lipinski definition) is 2. The molecule has 7 heteroatoms. The van der Waals surface area contributed by atoms with Gasteiger partial charge in [-0.1, -0.05) is 23.4 Å². The summed E-state index contributed by atoms with van der Waals surface area (Å²) in [7, 11) is 0. The van der Waals surface area contributed by atoms with Gasteiger partial charge in [-0.3, -0.25) is 4.98 Å². The Kier molecular flexibility index (Phi) is 5.26. The molecule has 0 aliphatic heterocycles. The van der Waals surface area contributed by atoms with Crippen molar-refractivity contribution in [2.24, 2.45) is 0 Å². The predicted octanol–water partition coefficient (Wildman–Crippen LogP) is 3.31. The lowest BCUT2D eigenvalue weighted by molar-refractivity contribution is 0.236. The molecular formula is C19H21N5O2. The molecule has 0 fully saturated rings. The number of pyridine rings is 1. The largest absolute Gasteiger partial charge is 0.334 e. The van der Waals surface area contributed by atoms with Gasteiger partial charge in [-0.15, -0.1) is 0 Å². The summed E-state index contributed by atoms with van der Waals surface area (Å²) in [5.74, 6) is 0.854. The molecule has 1 aromatic carbocycles. The van der Waals surface area contributed by atoms with Gasteiger partial charge in [-0.05, 0) is 50.6 Å². The minimum atomic E-state index is -0.378. The number of benzene rings is 1. The van der Waals surface area contributed by atoms with Gasteiger partial charge in [-0.2, -0.15) is 4.98 Å². The number of nitrogens with zero attached hydrogens (tertiary/aromatic N) is 3. The number of aromatic nitrogens is 3. The van der Waals surface area contributed by atoms with Crippen LogP contribution in [-0.4, -0.2) is 21.2 Å². The van der Waals surface area contributed by atoms with Crippen molar-refractivity contribution in [3.63, 3.8) is 0 Å². The smallest absolute Gasteiger partial charge is 0.315 e. The normalized spacial score (nSPS) is 11.8. The zero-order valence-corrected chi connectivity index (χ0v) is 15.0. The summed E-state index contributed by atoms with van der Waals surface area (Å²) in [4.78, 5) is 20.8. The highest BCUT2D eigenvalue weighted by atomic mass is 16.5. The summed E-state index contributed by atoms with van der Waals surface area (Å²) in [6, 6.07) is 12.7. The maximum Gasteiger partial charge on any atom is 0.315 e. The van der Waals surface area contributed by atoms with Crippen LogP contribution in [0.4, 0.5) is 4.79 Å². The number of rotatable bonds is 5. The van der Waals surface area contributed by atoms with Gasteiger partial charge < -0.3 is 15.2 Å². The van der Waals surface area contributed by atoms with E-state index >= 15 is 0 Å². The number of hydrogen-bond acceptors (Lipinski definition) is 5. The minimum Gasteiger partial charge on any atom is -0.334 e. The van der Waals surface area contributed by atoms with Crippen LogP contribution in [-0.2, 0) is 6.54 Å². The second-order valence-electron chi connectivity index (χ2n) is 6.13. The molecule has 0 saturated carbocycles. The highest BCUT2D eigenvalue weighted by Gasteiger charge is 2.16. The average Bonchev–Trinajstić information content (AvgIpc) is 3.10. The van der Waals surface area contributed by atoms with E-state index in [9.17, 15) is 4.79 Å². The SMILES string of the molecule is Cc1cc(CNC(=O)NC(C)c2noc(-c3ccccc3)n2)cc(C)n1. The Balaban J connectivity index is 1.57. The quantitative estimate of drug-likeness (QED) is 0.735. The molecule has 0 aliphatic rings. The molecule has 2 amide bonds. The van der Waals surface area contributed by atoms with Crippen molar-refractivity contribution >= 4 is 6.03 Å². The van der Waals surface area contributed by atoms with Crippen molar-refractivity contribution < 1.29 is 9.32 Å². The van der Waals surface area contributed by atoms with Gasteiger partial charge in [-0.25, -0.2) is 4.79 Å². The number of carbonyl (C=O) groups is 1. The van der Waals surface area contributed by atoms with Crippen molar-refractivity contribution in [2.75, 3.05) is 0 Å². The Morgan fingerprint density at radius 1 is 1.12 bits per heavy atom. The Hall–Kier alpha value is -3.22. The van der Waals surface area contributed by atoms with E-state index in [0.717, 1.165) is 22.5 Å². The maximum absolute atomic E-state index is 12.1. The van der Waals surface area contributed by atoms with Gasteiger partial charge in [0.05, 0.1) is 6.04 Å². The summed E-state index contributed by atoms with van der Waals surface area (Å²) in [6.45, 7) is 6.09. The summed E-state index contributed by atoms with van der Waals surface area (Å²) < 4.78 is 5.27. The molecule has 0 saturated heterocycles. The number of carbonyl (C=O) groups excluding carboxylic acids is 1. The zero-order valence-electron chi connectivity index (χ0n) is 15.0. The van der Waals surface area contributed by atoms with Crippen molar-refractivity contribution in [3.8, 4) is 11.5 Å². The molecule has 0 radical (unpaired) electrons. The first-order valence-electron chi connectivity index (χ1n) is 8.39. The van der Waals surface area contributed by atoms with Crippen LogP contribution in [0.25, 0.3) is 11.5 Å². The second kappa shape index (κ2) is 7.77. The van der Waals surface area contributed by atoms with Crippen LogP contribution in [0.5, 0.6) is 0 Å². The Morgan fingerprint density at radius 3 is 2.50 bits per heavy atom. The van der Waals surface area contributed by atoms with Crippen LogP contribution in [0.15, 0.2) is 47.0 Å². The number of amides is 2. The van der Waals surface area contributed by atoms with E-state index in [-0.39, 0.29) is 12.1 Å². The van der Waals surface area contributed by atoms with E-state index in [1.54, 1.807) is 6.92 Å². The van der Waals surface area contributed by atoms with Gasteiger partial charge >= 0.3 is 6.03 Å². The molecule has 26 heavy (non-hydrogen) atoms. The number of urea groups is 1. The molecule has 2 N–H and O–H groups in total. The lowest BCUT2D eigenvalue weighted by atomic mass is 10.2. The highest BCUT2D eigenvalue weighted by Crippen LogP contribution is 2.18. The summed E-state index contributed by atoms with van der Waals surface area (Å²) >= 11 is 0. The monoisotopic (exact) mass is 351 g/mol. The van der Waals surface area contributed by atoms with Gasteiger partial charge in [0.1, 0.15) is 0 Å². The maximum atomic E-state index is 12.1. The van der Waals surface area contributed by atoms with E-state index in [2.05, 4.69) is 25.8 Å². The van der Waals surface area contributed by atoms with E-state index in [0.29, 0.717) is 18.3 Å². The molecule has 1 atom stereocenters. The minimum absolute atomic E-state index is 0.296. The fourth-order valence-corrected chi connectivity index (χ4v) is 2.63. The number of aryl methyl sites for hydroxylation is 2. The van der Waals surface area contributed by atoms with Crippen LogP contribution in [0.3, 0.4) is 0 Å². The standard InChI is InChI=1S/C19H21N5O2/c1-12-9-15(10-13(2)21-12)11-20-19(25)22-14(3)17-23-18(26-24-17)16-7-5-4-6-8-16/h4-10,14H,11H2,1-3H3,(H2,20,22,25). The molecule has 3 aromatic rings. The Morgan fingerprint density at radius 2 is 1.81 bits per heavy atom. The second-order valence-corrected chi connectivity index (χ2v) is 6.13. The third-order valence-electron chi connectivity index (χ3n) is 3.79. The van der Waals surface area contributed by atoms with E-state index in [1.807, 2.05) is 56.3 Å². The molecule has 2 heterocycles. The summed E-state index contributed by atoms with van der Waals surface area (Å²) in [5.41, 5.74) is 3.70. The van der Waals surface area contributed by atoms with Gasteiger partial charge in [0.25, 0.3) is 5.89 Å². The molecule has 7 nitrogen and oxygen atoms in total. The van der Waals surface area contributed by atoms with Gasteiger partial charge in [0.15, 0.2) is 5.82 Å². The topological polar surface area (TPSA) is 92.9 Å². The highest BCUT2D eigenvalue weighted by molar-refractivity contribution is 5.74. The summed E-state index contributed by atoms with van der Waals surface area (Å²) in [5, 5.41) is 9.59. The molecule has 1 unspecified atom stereocenters. The van der Waals surface area contributed by atoms with Crippen molar-refractivity contribution in [1.82, 2.24) is 25.8 Å². The molecule has 0 aliphatic carbocycles. The fourth-order valence-electron chi connectivity index (χ4n) is 2.63. The average molecular weight is 351 g/mol. The van der Waals surface area contributed by atoms with Crippen molar-refractivity contribution in [1.29, 1.82) is 0 Å². The lowest BCUT2D eigenvalue weighted by Crippen LogP contribution is -2.37. The molecule has 3 rings (SSSR count). The first-order chi connectivity index (χ1) is 12.5. The van der Waals surface area contributed by atoms with E-state index in [4.69, 9.17) is 4.52 Å². The van der Waals surface area contributed by atoms with Gasteiger partial charge in [0, 0.05) is 23.5 Å². The fraction of sp³-hybridized carbons (Fsp3) is 0.263. The van der Waals surface area contributed by atoms with Crippen molar-refractivity contribution in [2.45, 2.75) is 33.4 Å². The third kappa shape index (κ3) is 4.44. The molecule has 0 spiro atoms. The molecule has 134 valence electrons. The van der Waals surface area contributed by atoms with Crippen LogP contribution in [0, 0.1) is 13.8 Å². The summed E-state index contributed by atoms with van der Waals surface area (Å²) in [6.07, 6.45) is 0. The number of nitrogens with one attached hydrogen (secondary N) is 2. The van der Waals surface area contributed by atoms with Crippen LogP contribution < -0.4 is 10.6 Å². The van der Waals surface area contributed by atoms with Crippen LogP contribution in [0.1, 0.15) is 35.7 Å². The first kappa shape index (κ1) is 17.6. The Bertz CT molecular complexity index is 872. The molecular weight excluding hydrogens is 330 g/mol.